The Kier molecular flexibility index (Phi) is 26.6. The van der Waals surface area contributed by atoms with Gasteiger partial charge in [-0.25, -0.2) is 5.48 Å². The third-order valence-electron chi connectivity index (χ3n) is 6.23. The molecule has 0 spiro atoms. The molecule has 6 heteroatoms. The molecule has 0 radical (unpaired) electrons. The van der Waals surface area contributed by atoms with Crippen molar-refractivity contribution in [2.75, 3.05) is 6.54 Å². The second-order valence-electron chi connectivity index (χ2n) is 9.30. The molecule has 190 valence electrons. The topological polar surface area (TPSA) is 61.4 Å². The highest BCUT2D eigenvalue weighted by Gasteiger charge is 1.99. The summed E-state index contributed by atoms with van der Waals surface area (Å²) in [5.41, 5.74) is 1.69. The van der Waals surface area contributed by atoms with Gasteiger partial charge in [-0.15, -0.1) is 12.6 Å². The van der Waals surface area contributed by atoms with Crippen LogP contribution in [0.5, 0.6) is 0 Å². The molecule has 3 N–H and O–H groups in total. The summed E-state index contributed by atoms with van der Waals surface area (Å²) in [5.74, 6) is -0.261. The minimum atomic E-state index is -0.261. The van der Waals surface area contributed by atoms with Gasteiger partial charge >= 0.3 is 0 Å². The largest absolute Gasteiger partial charge is 0.371 e. The van der Waals surface area contributed by atoms with Gasteiger partial charge < -0.3 is 5.32 Å². The molecule has 0 fully saturated rings. The Balaban J connectivity index is 3.04. The average molecular weight is 489 g/mol. The Morgan fingerprint density at radius 2 is 0.844 bits per heavy atom. The van der Waals surface area contributed by atoms with Crippen LogP contribution in [0.2, 0.25) is 0 Å². The normalized spacial score (nSPS) is 10.9. The first-order chi connectivity index (χ1) is 15.7. The van der Waals surface area contributed by atoms with Crippen molar-refractivity contribution in [2.24, 2.45) is 0 Å². The summed E-state index contributed by atoms with van der Waals surface area (Å²) in [7, 11) is 0. The van der Waals surface area contributed by atoms with E-state index in [9.17, 15) is 4.79 Å². The SMILES string of the molecule is O=C(CCCCCCCCCCCCCCCCCCCCCCCCNC(=S)S)NO. The van der Waals surface area contributed by atoms with Gasteiger partial charge in [0.1, 0.15) is 4.32 Å². The highest BCUT2D eigenvalue weighted by Crippen LogP contribution is 2.15. The predicted octanol–water partition coefficient (Wildman–Crippen LogP) is 8.27. The predicted molar refractivity (Wildman–Crippen MR) is 146 cm³/mol. The fourth-order valence-electron chi connectivity index (χ4n) is 4.20. The lowest BCUT2D eigenvalue weighted by molar-refractivity contribution is -0.129. The molecular weight excluding hydrogens is 436 g/mol. The van der Waals surface area contributed by atoms with Gasteiger partial charge in [-0.2, -0.15) is 0 Å². The first-order valence-electron chi connectivity index (χ1n) is 13.6. The lowest BCUT2D eigenvalue weighted by Crippen LogP contribution is -2.17. The molecule has 32 heavy (non-hydrogen) atoms. The molecule has 0 rings (SSSR count). The number of nitrogens with one attached hydrogen (secondary N) is 2. The number of carbonyl (C=O) groups is 1. The summed E-state index contributed by atoms with van der Waals surface area (Å²) < 4.78 is 0.616. The highest BCUT2D eigenvalue weighted by atomic mass is 32.1. The summed E-state index contributed by atoms with van der Waals surface area (Å²) in [4.78, 5) is 10.9. The van der Waals surface area contributed by atoms with Crippen molar-refractivity contribution in [1.29, 1.82) is 0 Å². The molecule has 1 amide bonds. The monoisotopic (exact) mass is 488 g/mol. The van der Waals surface area contributed by atoms with Crippen LogP contribution >= 0.6 is 24.8 Å². The Labute approximate surface area is 209 Å². The number of hydrogen-bond acceptors (Lipinski definition) is 3. The van der Waals surface area contributed by atoms with Crippen LogP contribution in [0.25, 0.3) is 0 Å². The van der Waals surface area contributed by atoms with Crippen LogP contribution in [0.3, 0.4) is 0 Å². The minimum Gasteiger partial charge on any atom is -0.371 e. The molecule has 0 saturated carbocycles. The van der Waals surface area contributed by atoms with Crippen LogP contribution in [-0.4, -0.2) is 22.0 Å². The maximum Gasteiger partial charge on any atom is 0.243 e. The van der Waals surface area contributed by atoms with E-state index in [2.05, 4.69) is 17.9 Å². The summed E-state index contributed by atoms with van der Waals surface area (Å²) in [5, 5.41) is 11.5. The van der Waals surface area contributed by atoms with Crippen LogP contribution in [0.15, 0.2) is 0 Å². The number of hydroxylamine groups is 1. The van der Waals surface area contributed by atoms with E-state index in [4.69, 9.17) is 17.4 Å². The molecule has 0 aliphatic rings. The van der Waals surface area contributed by atoms with E-state index in [1.54, 1.807) is 5.48 Å². The zero-order chi connectivity index (χ0) is 23.5. The molecular formula is C26H52N2O2S2. The molecule has 0 aromatic carbocycles. The van der Waals surface area contributed by atoms with E-state index in [0.29, 0.717) is 10.7 Å². The number of amides is 1. The van der Waals surface area contributed by atoms with Gasteiger partial charge in [0.05, 0.1) is 0 Å². The summed E-state index contributed by atoms with van der Waals surface area (Å²) >= 11 is 8.94. The second-order valence-corrected chi connectivity index (χ2v) is 10.5. The van der Waals surface area contributed by atoms with Gasteiger partial charge in [0, 0.05) is 13.0 Å². The van der Waals surface area contributed by atoms with Crippen LogP contribution in [0, 0.1) is 0 Å². The molecule has 0 heterocycles. The van der Waals surface area contributed by atoms with Crippen LogP contribution in [-0.2, 0) is 4.79 Å². The smallest absolute Gasteiger partial charge is 0.243 e. The quantitative estimate of drug-likeness (QED) is 0.0343. The fraction of sp³-hybridized carbons (Fsp3) is 0.923. The first kappa shape index (κ1) is 31.7. The minimum absolute atomic E-state index is 0.261. The summed E-state index contributed by atoms with van der Waals surface area (Å²) in [6.07, 6.45) is 29.9. The van der Waals surface area contributed by atoms with E-state index < -0.39 is 0 Å². The van der Waals surface area contributed by atoms with Crippen molar-refractivity contribution < 1.29 is 10.0 Å². The van der Waals surface area contributed by atoms with Crippen LogP contribution in [0.1, 0.15) is 148 Å². The van der Waals surface area contributed by atoms with Crippen LogP contribution in [0.4, 0.5) is 0 Å². The molecule has 0 aliphatic heterocycles. The number of hydrogen-bond donors (Lipinski definition) is 4. The Morgan fingerprint density at radius 3 is 1.12 bits per heavy atom. The van der Waals surface area contributed by atoms with Gasteiger partial charge in [0.15, 0.2) is 0 Å². The lowest BCUT2D eigenvalue weighted by Gasteiger charge is -2.05. The molecule has 0 saturated heterocycles. The molecule has 0 aromatic heterocycles. The number of unbranched alkanes of at least 4 members (excludes halogenated alkanes) is 21. The van der Waals surface area contributed by atoms with Crippen molar-refractivity contribution in [2.45, 2.75) is 148 Å². The molecule has 4 nitrogen and oxygen atoms in total. The first-order valence-corrected chi connectivity index (χ1v) is 14.4. The Hall–Kier alpha value is -0.330. The van der Waals surface area contributed by atoms with Gasteiger partial charge in [-0.05, 0) is 12.8 Å². The fourth-order valence-corrected chi connectivity index (χ4v) is 4.41. The molecule has 0 bridgehead atoms. The van der Waals surface area contributed by atoms with Gasteiger partial charge in [0.2, 0.25) is 5.91 Å². The average Bonchev–Trinajstić information content (AvgIpc) is 2.78. The van der Waals surface area contributed by atoms with Gasteiger partial charge in [-0.1, -0.05) is 141 Å². The number of carbonyl (C=O) groups excluding carboxylic acids is 1. The van der Waals surface area contributed by atoms with E-state index >= 15 is 0 Å². The molecule has 0 unspecified atom stereocenters. The van der Waals surface area contributed by atoms with Crippen LogP contribution < -0.4 is 10.8 Å². The summed E-state index contributed by atoms with van der Waals surface area (Å²) in [6.45, 7) is 0.972. The van der Waals surface area contributed by atoms with Crippen molar-refractivity contribution in [3.63, 3.8) is 0 Å². The third kappa shape index (κ3) is 27.7. The third-order valence-corrected chi connectivity index (χ3v) is 6.53. The Morgan fingerprint density at radius 1 is 0.562 bits per heavy atom. The van der Waals surface area contributed by atoms with E-state index in [1.165, 1.54) is 128 Å². The number of thiocarbonyl (C=S) groups is 1. The van der Waals surface area contributed by atoms with Crippen molar-refractivity contribution in [3.05, 3.63) is 0 Å². The molecule has 0 atom stereocenters. The van der Waals surface area contributed by atoms with E-state index in [-0.39, 0.29) is 5.91 Å². The maximum absolute atomic E-state index is 10.9. The molecule has 0 aliphatic carbocycles. The van der Waals surface area contributed by atoms with Gasteiger partial charge in [0.25, 0.3) is 0 Å². The number of thiol groups is 1. The van der Waals surface area contributed by atoms with Crippen molar-refractivity contribution in [1.82, 2.24) is 10.8 Å². The highest BCUT2D eigenvalue weighted by molar-refractivity contribution is 8.11. The second kappa shape index (κ2) is 26.9. The maximum atomic E-state index is 10.9. The zero-order valence-corrected chi connectivity index (χ0v) is 22.4. The lowest BCUT2D eigenvalue weighted by atomic mass is 10.0. The standard InChI is InChI=1S/C26H52N2O2S2/c29-25(28-30)23-21-19-17-15-13-11-9-7-5-3-1-2-4-6-8-10-12-14-16-18-20-22-24-27-26(31)32/h30H,1-24H2,(H,28,29)(H2,27,31,32). The zero-order valence-electron chi connectivity index (χ0n) is 20.7. The number of rotatable bonds is 25. The summed E-state index contributed by atoms with van der Waals surface area (Å²) in [6, 6.07) is 0. The van der Waals surface area contributed by atoms with Crippen molar-refractivity contribution >= 4 is 35.1 Å². The van der Waals surface area contributed by atoms with E-state index in [0.717, 1.165) is 19.4 Å². The van der Waals surface area contributed by atoms with Crippen molar-refractivity contribution in [3.8, 4) is 0 Å². The molecule has 0 aromatic rings. The Bertz CT molecular complexity index is 423. The van der Waals surface area contributed by atoms with Gasteiger partial charge in [-0.3, -0.25) is 10.0 Å². The van der Waals surface area contributed by atoms with E-state index in [1.807, 2.05) is 0 Å².